The third kappa shape index (κ3) is 1.42. The molecule has 2 nitrogen and oxygen atoms in total. The molecule has 0 bridgehead atoms. The van der Waals surface area contributed by atoms with Gasteiger partial charge in [0.1, 0.15) is 5.58 Å². The van der Waals surface area contributed by atoms with Gasteiger partial charge in [0.2, 0.25) is 0 Å². The highest BCUT2D eigenvalue weighted by atomic mass is 16.3. The zero-order chi connectivity index (χ0) is 10.1. The minimum absolute atomic E-state index is 0.171. The molecule has 0 saturated heterocycles. The molecule has 1 aromatic heterocycles. The van der Waals surface area contributed by atoms with Gasteiger partial charge in [-0.1, -0.05) is 19.1 Å². The molecule has 1 aromatic carbocycles. The van der Waals surface area contributed by atoms with Gasteiger partial charge in [0.15, 0.2) is 0 Å². The van der Waals surface area contributed by atoms with Crippen LogP contribution < -0.4 is 0 Å². The van der Waals surface area contributed by atoms with Crippen LogP contribution in [0, 0.1) is 6.92 Å². The monoisotopic (exact) mass is 190 g/mol. The molecule has 0 aliphatic carbocycles. The summed E-state index contributed by atoms with van der Waals surface area (Å²) in [4.78, 5) is 0. The van der Waals surface area contributed by atoms with Gasteiger partial charge < -0.3 is 9.52 Å². The van der Waals surface area contributed by atoms with Crippen LogP contribution in [-0.2, 0) is 0 Å². The molecule has 0 radical (unpaired) electrons. The lowest BCUT2D eigenvalue weighted by atomic mass is 10.0. The average molecular weight is 190 g/mol. The summed E-state index contributed by atoms with van der Waals surface area (Å²) >= 11 is 0. The van der Waals surface area contributed by atoms with E-state index in [1.54, 1.807) is 6.26 Å². The van der Waals surface area contributed by atoms with E-state index < -0.39 is 0 Å². The molecule has 0 fully saturated rings. The van der Waals surface area contributed by atoms with Crippen LogP contribution in [0.2, 0.25) is 0 Å². The summed E-state index contributed by atoms with van der Waals surface area (Å²) in [5.74, 6) is 0.171. The Balaban J connectivity index is 2.52. The Labute approximate surface area is 83.2 Å². The second-order valence-electron chi connectivity index (χ2n) is 3.76. The molecule has 0 aliphatic heterocycles. The highest BCUT2D eigenvalue weighted by Crippen LogP contribution is 2.24. The third-order valence-electron chi connectivity index (χ3n) is 2.64. The van der Waals surface area contributed by atoms with Gasteiger partial charge in [-0.15, -0.1) is 0 Å². The summed E-state index contributed by atoms with van der Waals surface area (Å²) in [6.07, 6.45) is 1.76. The molecule has 2 heteroatoms. The Bertz CT molecular complexity index is 443. The van der Waals surface area contributed by atoms with Gasteiger partial charge in [0.25, 0.3) is 0 Å². The van der Waals surface area contributed by atoms with Crippen molar-refractivity contribution in [1.82, 2.24) is 0 Å². The Morgan fingerprint density at radius 3 is 2.93 bits per heavy atom. The SMILES string of the molecule is Cc1coc2cc(C(C)CO)ccc12. The first-order valence-electron chi connectivity index (χ1n) is 4.81. The van der Waals surface area contributed by atoms with Crippen molar-refractivity contribution in [1.29, 1.82) is 0 Å². The first-order chi connectivity index (χ1) is 6.72. The molecule has 1 heterocycles. The highest BCUT2D eigenvalue weighted by molar-refractivity contribution is 5.81. The minimum Gasteiger partial charge on any atom is -0.464 e. The van der Waals surface area contributed by atoms with Crippen LogP contribution in [0.3, 0.4) is 0 Å². The maximum absolute atomic E-state index is 9.03. The maximum Gasteiger partial charge on any atom is 0.134 e. The van der Waals surface area contributed by atoms with Gasteiger partial charge in [0, 0.05) is 17.9 Å². The molecule has 14 heavy (non-hydrogen) atoms. The van der Waals surface area contributed by atoms with Gasteiger partial charge in [-0.2, -0.15) is 0 Å². The average Bonchev–Trinajstić information content (AvgIpc) is 2.59. The lowest BCUT2D eigenvalue weighted by molar-refractivity contribution is 0.273. The number of hydrogen-bond donors (Lipinski definition) is 1. The van der Waals surface area contributed by atoms with Crippen molar-refractivity contribution >= 4 is 11.0 Å². The predicted octanol–water partition coefficient (Wildman–Crippen LogP) is 2.84. The van der Waals surface area contributed by atoms with Gasteiger partial charge in [-0.05, 0) is 24.1 Å². The summed E-state index contributed by atoms with van der Waals surface area (Å²) in [7, 11) is 0. The first-order valence-corrected chi connectivity index (χ1v) is 4.81. The highest BCUT2D eigenvalue weighted by Gasteiger charge is 2.07. The number of benzene rings is 1. The fourth-order valence-corrected chi connectivity index (χ4v) is 1.59. The number of aryl methyl sites for hydroxylation is 1. The van der Waals surface area contributed by atoms with Crippen molar-refractivity contribution in [2.45, 2.75) is 19.8 Å². The number of furan rings is 1. The van der Waals surface area contributed by atoms with E-state index in [1.165, 1.54) is 0 Å². The normalized spacial score (nSPS) is 13.4. The van der Waals surface area contributed by atoms with E-state index in [4.69, 9.17) is 9.52 Å². The van der Waals surface area contributed by atoms with E-state index in [0.29, 0.717) is 0 Å². The second kappa shape index (κ2) is 3.46. The number of aliphatic hydroxyl groups is 1. The molecule has 0 spiro atoms. The maximum atomic E-state index is 9.03. The van der Waals surface area contributed by atoms with Crippen molar-refractivity contribution in [3.8, 4) is 0 Å². The minimum atomic E-state index is 0.171. The Hall–Kier alpha value is -1.28. The fraction of sp³-hybridized carbons (Fsp3) is 0.333. The van der Waals surface area contributed by atoms with Crippen molar-refractivity contribution in [2.24, 2.45) is 0 Å². The van der Waals surface area contributed by atoms with Crippen LogP contribution in [0.25, 0.3) is 11.0 Å². The molecule has 1 N–H and O–H groups in total. The first kappa shape index (κ1) is 9.28. The van der Waals surface area contributed by atoms with E-state index in [2.05, 4.69) is 6.07 Å². The number of aliphatic hydroxyl groups excluding tert-OH is 1. The van der Waals surface area contributed by atoms with Crippen LogP contribution in [0.5, 0.6) is 0 Å². The summed E-state index contributed by atoms with van der Waals surface area (Å²) in [6.45, 7) is 4.20. The zero-order valence-corrected chi connectivity index (χ0v) is 8.45. The molecule has 0 amide bonds. The van der Waals surface area contributed by atoms with E-state index in [9.17, 15) is 0 Å². The summed E-state index contributed by atoms with van der Waals surface area (Å²) in [5.41, 5.74) is 3.18. The molecule has 1 unspecified atom stereocenters. The van der Waals surface area contributed by atoms with E-state index in [-0.39, 0.29) is 12.5 Å². The molecule has 74 valence electrons. The molecule has 0 aliphatic rings. The Morgan fingerprint density at radius 1 is 1.43 bits per heavy atom. The number of hydrogen-bond acceptors (Lipinski definition) is 2. The topological polar surface area (TPSA) is 33.4 Å². The lowest BCUT2D eigenvalue weighted by Gasteiger charge is -2.07. The van der Waals surface area contributed by atoms with Gasteiger partial charge in [-0.25, -0.2) is 0 Å². The summed E-state index contributed by atoms with van der Waals surface area (Å²) in [5, 5.41) is 10.2. The van der Waals surface area contributed by atoms with Crippen molar-refractivity contribution in [2.75, 3.05) is 6.61 Å². The predicted molar refractivity (Wildman–Crippen MR) is 56.5 cm³/mol. The van der Waals surface area contributed by atoms with Crippen LogP contribution in [0.4, 0.5) is 0 Å². The van der Waals surface area contributed by atoms with Crippen LogP contribution >= 0.6 is 0 Å². The van der Waals surface area contributed by atoms with Crippen LogP contribution in [0.1, 0.15) is 24.0 Å². The van der Waals surface area contributed by atoms with Gasteiger partial charge >= 0.3 is 0 Å². The second-order valence-corrected chi connectivity index (χ2v) is 3.76. The van der Waals surface area contributed by atoms with E-state index >= 15 is 0 Å². The quantitative estimate of drug-likeness (QED) is 0.790. The number of fused-ring (bicyclic) bond motifs is 1. The van der Waals surface area contributed by atoms with Crippen molar-refractivity contribution < 1.29 is 9.52 Å². The number of rotatable bonds is 2. The Morgan fingerprint density at radius 2 is 2.21 bits per heavy atom. The largest absolute Gasteiger partial charge is 0.464 e. The molecule has 1 atom stereocenters. The standard InChI is InChI=1S/C12H14O2/c1-8(6-13)10-3-4-11-9(2)7-14-12(11)5-10/h3-5,7-8,13H,6H2,1-2H3. The van der Waals surface area contributed by atoms with Crippen LogP contribution in [-0.4, -0.2) is 11.7 Å². The molecular weight excluding hydrogens is 176 g/mol. The molecular formula is C12H14O2. The van der Waals surface area contributed by atoms with Crippen LogP contribution in [0.15, 0.2) is 28.9 Å². The zero-order valence-electron chi connectivity index (χ0n) is 8.45. The summed E-state index contributed by atoms with van der Waals surface area (Å²) < 4.78 is 5.40. The fourth-order valence-electron chi connectivity index (χ4n) is 1.59. The van der Waals surface area contributed by atoms with E-state index in [1.807, 2.05) is 26.0 Å². The van der Waals surface area contributed by atoms with E-state index in [0.717, 1.165) is 22.1 Å². The third-order valence-corrected chi connectivity index (χ3v) is 2.64. The van der Waals surface area contributed by atoms with Gasteiger partial charge in [0.05, 0.1) is 6.26 Å². The molecule has 2 rings (SSSR count). The van der Waals surface area contributed by atoms with Crippen molar-refractivity contribution in [3.63, 3.8) is 0 Å². The summed E-state index contributed by atoms with van der Waals surface area (Å²) in [6, 6.07) is 6.10. The molecule has 0 saturated carbocycles. The Kier molecular flexibility index (Phi) is 2.30. The smallest absolute Gasteiger partial charge is 0.134 e. The van der Waals surface area contributed by atoms with Crippen molar-refractivity contribution in [3.05, 3.63) is 35.6 Å². The molecule has 2 aromatic rings. The lowest BCUT2D eigenvalue weighted by Crippen LogP contribution is -1.97. The van der Waals surface area contributed by atoms with Gasteiger partial charge in [-0.3, -0.25) is 0 Å².